The van der Waals surface area contributed by atoms with Crippen LogP contribution in [0, 0.1) is 13.8 Å². The maximum atomic E-state index is 2.28. The third-order valence-corrected chi connectivity index (χ3v) is 4.95. The van der Waals surface area contributed by atoms with E-state index < -0.39 is 0 Å². The van der Waals surface area contributed by atoms with E-state index in [9.17, 15) is 0 Å². The zero-order valence-corrected chi connectivity index (χ0v) is 18.6. The first-order valence-electron chi connectivity index (χ1n) is 8.99. The van der Waals surface area contributed by atoms with Gasteiger partial charge < -0.3 is 0 Å². The van der Waals surface area contributed by atoms with Crippen LogP contribution in [0.2, 0.25) is 0 Å². The fourth-order valence-corrected chi connectivity index (χ4v) is 3.31. The number of rotatable bonds is 6. The molecule has 0 aromatic heterocycles. The summed E-state index contributed by atoms with van der Waals surface area (Å²) in [7, 11) is 0. The maximum absolute atomic E-state index is 2.28. The Morgan fingerprint density at radius 3 is 2.30 bits per heavy atom. The molecule has 0 fully saturated rings. The Morgan fingerprint density at radius 1 is 0.852 bits per heavy atom. The van der Waals surface area contributed by atoms with Gasteiger partial charge in [-0.25, -0.2) is 0 Å². The van der Waals surface area contributed by atoms with Gasteiger partial charge in [-0.3, -0.25) is 0 Å². The Bertz CT molecular complexity index is 970. The number of hydrogen-bond donors (Lipinski definition) is 0. The number of anilines is 2. The van der Waals surface area contributed by atoms with Gasteiger partial charge in [-0.05, 0) is 0 Å². The predicted molar refractivity (Wildman–Crippen MR) is 114 cm³/mol. The Morgan fingerprint density at radius 2 is 1.59 bits per heavy atom. The van der Waals surface area contributed by atoms with Crippen molar-refractivity contribution >= 4 is 21.3 Å². The molecule has 2 heteroatoms. The molecule has 0 atom stereocenters. The fraction of sp³-hybridized carbons (Fsp3) is 0.0800. The molecular formula is C25H23NW. The second-order valence-electron chi connectivity index (χ2n) is 6.44. The van der Waals surface area contributed by atoms with Crippen molar-refractivity contribution in [2.45, 2.75) is 13.8 Å². The summed E-state index contributed by atoms with van der Waals surface area (Å²) in [6.45, 7) is 4.29. The first kappa shape index (κ1) is 19.3. The van der Waals surface area contributed by atoms with E-state index in [0.29, 0.717) is 0 Å². The zero-order valence-electron chi connectivity index (χ0n) is 15.7. The third kappa shape index (κ3) is 5.02. The first-order valence-corrected chi connectivity index (χ1v) is 10.7. The molecule has 1 nitrogen and oxygen atoms in total. The van der Waals surface area contributed by atoms with Crippen molar-refractivity contribution in [2.75, 3.05) is 4.90 Å². The third-order valence-electron chi connectivity index (χ3n) is 4.38. The van der Waals surface area contributed by atoms with Crippen molar-refractivity contribution in [2.24, 2.45) is 0 Å². The van der Waals surface area contributed by atoms with Gasteiger partial charge in [0.15, 0.2) is 0 Å². The molecule has 0 unspecified atom stereocenters. The average Bonchev–Trinajstić information content (AvgIpc) is 2.70. The van der Waals surface area contributed by atoms with Gasteiger partial charge in [0.05, 0.1) is 0 Å². The minimum absolute atomic E-state index is 1.15. The van der Waals surface area contributed by atoms with Gasteiger partial charge in [-0.2, -0.15) is 0 Å². The van der Waals surface area contributed by atoms with Crippen LogP contribution in [0.25, 0.3) is 5.57 Å². The normalized spacial score (nSPS) is 11.6. The molecule has 27 heavy (non-hydrogen) atoms. The fourth-order valence-electron chi connectivity index (χ4n) is 3.03. The number of nitrogens with zero attached hydrogens (tertiary/aromatic N) is 1. The number of hydrogen-bond acceptors (Lipinski definition) is 1. The Hall–Kier alpha value is -2.50. The molecule has 0 aliphatic rings. The molecule has 0 saturated heterocycles. The van der Waals surface area contributed by atoms with Crippen molar-refractivity contribution in [3.05, 3.63) is 114 Å². The molecule has 0 spiro atoms. The quantitative estimate of drug-likeness (QED) is 0.340. The van der Waals surface area contributed by atoms with Gasteiger partial charge >= 0.3 is 173 Å². The molecule has 3 aromatic carbocycles. The summed E-state index contributed by atoms with van der Waals surface area (Å²) < 4.78 is 2.14. The molecule has 0 bridgehead atoms. The van der Waals surface area contributed by atoms with Gasteiger partial charge in [-0.15, -0.1) is 0 Å². The molecule has 3 aromatic rings. The number of aryl methyl sites for hydroxylation is 2. The van der Waals surface area contributed by atoms with Crippen LogP contribution in [0.5, 0.6) is 0 Å². The minimum atomic E-state index is 1.15. The van der Waals surface area contributed by atoms with Crippen LogP contribution in [-0.4, -0.2) is 4.40 Å². The molecule has 0 radical (unpaired) electrons. The van der Waals surface area contributed by atoms with E-state index in [1.807, 2.05) is 0 Å². The SMILES string of the molecule is Cc1cccc(C(C=C[CH]=[W])=CN(c2ccccc2)c2ccccc2C)c1. The van der Waals surface area contributed by atoms with E-state index in [2.05, 4.69) is 120 Å². The molecule has 0 heterocycles. The van der Waals surface area contributed by atoms with Gasteiger partial charge in [0.25, 0.3) is 0 Å². The number of benzene rings is 3. The predicted octanol–water partition coefficient (Wildman–Crippen LogP) is 6.39. The van der Waals surface area contributed by atoms with Crippen molar-refractivity contribution in [1.82, 2.24) is 0 Å². The average molecular weight is 521 g/mol. The van der Waals surface area contributed by atoms with Crippen molar-refractivity contribution in [3.63, 3.8) is 0 Å². The van der Waals surface area contributed by atoms with Crippen molar-refractivity contribution in [1.29, 1.82) is 0 Å². The van der Waals surface area contributed by atoms with Crippen LogP contribution in [0.15, 0.2) is 97.2 Å². The van der Waals surface area contributed by atoms with E-state index in [1.165, 1.54) is 47.3 Å². The summed E-state index contributed by atoms with van der Waals surface area (Å²) in [4.78, 5) is 2.28. The molecular weight excluding hydrogens is 498 g/mol. The number of allylic oxidation sites excluding steroid dienone is 3. The summed E-state index contributed by atoms with van der Waals surface area (Å²) in [5, 5.41) is 0. The van der Waals surface area contributed by atoms with Crippen molar-refractivity contribution in [3.8, 4) is 0 Å². The van der Waals surface area contributed by atoms with Crippen LogP contribution in [0.4, 0.5) is 11.4 Å². The first-order chi connectivity index (χ1) is 13.2. The summed E-state index contributed by atoms with van der Waals surface area (Å²) >= 11 is 1.45. The zero-order chi connectivity index (χ0) is 19.1. The van der Waals surface area contributed by atoms with E-state index in [1.54, 1.807) is 0 Å². The Labute approximate surface area is 173 Å². The molecule has 0 saturated carbocycles. The van der Waals surface area contributed by atoms with E-state index in [4.69, 9.17) is 0 Å². The topological polar surface area (TPSA) is 3.24 Å². The van der Waals surface area contributed by atoms with Gasteiger partial charge in [0.1, 0.15) is 0 Å². The molecule has 3 rings (SSSR count). The standard InChI is InChI=1S/C25H23N.W/c1-4-11-23(22-14-10-12-20(2)18-22)19-26(24-15-6-5-7-16-24)25-17-9-8-13-21(25)3;/h1,4-19H,2-3H3;. The van der Waals surface area contributed by atoms with Crippen LogP contribution in [-0.2, 0) is 19.4 Å². The van der Waals surface area contributed by atoms with Gasteiger partial charge in [0.2, 0.25) is 0 Å². The number of para-hydroxylation sites is 2. The molecule has 134 valence electrons. The van der Waals surface area contributed by atoms with Crippen LogP contribution < -0.4 is 4.90 Å². The summed E-state index contributed by atoms with van der Waals surface area (Å²) in [5.41, 5.74) is 7.25. The van der Waals surface area contributed by atoms with Gasteiger partial charge in [-0.1, -0.05) is 0 Å². The van der Waals surface area contributed by atoms with Crippen molar-refractivity contribution < 1.29 is 19.4 Å². The summed E-state index contributed by atoms with van der Waals surface area (Å²) in [6, 6.07) is 27.7. The van der Waals surface area contributed by atoms with Crippen LogP contribution in [0.1, 0.15) is 16.7 Å². The van der Waals surface area contributed by atoms with E-state index in [-0.39, 0.29) is 0 Å². The van der Waals surface area contributed by atoms with Gasteiger partial charge in [0, 0.05) is 0 Å². The second kappa shape index (κ2) is 9.44. The van der Waals surface area contributed by atoms with Crippen LogP contribution >= 0.6 is 0 Å². The summed E-state index contributed by atoms with van der Waals surface area (Å²) in [5.74, 6) is 0. The Balaban J connectivity index is 2.18. The molecule has 0 aliphatic carbocycles. The second-order valence-corrected chi connectivity index (χ2v) is 7.42. The summed E-state index contributed by atoms with van der Waals surface area (Å²) in [6.07, 6.45) is 6.56. The monoisotopic (exact) mass is 521 g/mol. The molecule has 0 N–H and O–H groups in total. The Kier molecular flexibility index (Phi) is 6.73. The van der Waals surface area contributed by atoms with E-state index >= 15 is 0 Å². The molecule has 0 amide bonds. The van der Waals surface area contributed by atoms with E-state index in [0.717, 1.165) is 5.69 Å². The van der Waals surface area contributed by atoms with Crippen LogP contribution in [0.3, 0.4) is 0 Å². The molecule has 0 aliphatic heterocycles.